The van der Waals surface area contributed by atoms with Crippen molar-refractivity contribution in [3.63, 3.8) is 0 Å². The largest absolute Gasteiger partial charge is 0.244 e. The van der Waals surface area contributed by atoms with Gasteiger partial charge in [-0.05, 0) is 0 Å². The standard InChI is InChI=1S/C12H7N2S2/c1-2-4-9(5-3-1)11-14-8-10(16-11)12-13-6-7-15-12/h1-7H. The molecule has 0 bridgehead atoms. The topological polar surface area (TPSA) is 25.8 Å². The van der Waals surface area contributed by atoms with Crippen molar-refractivity contribution in [2.45, 2.75) is 0 Å². The minimum atomic E-state index is 0.986. The predicted octanol–water partition coefficient (Wildman–Crippen LogP) is 3.73. The Hall–Kier alpha value is -1.52. The van der Waals surface area contributed by atoms with Gasteiger partial charge >= 0.3 is 0 Å². The smallest absolute Gasteiger partial charge is 0.135 e. The fourth-order valence-corrected chi connectivity index (χ4v) is 2.94. The maximum Gasteiger partial charge on any atom is 0.135 e. The van der Waals surface area contributed by atoms with Gasteiger partial charge in [-0.25, -0.2) is 9.97 Å². The Morgan fingerprint density at radius 2 is 1.94 bits per heavy atom. The van der Waals surface area contributed by atoms with E-state index in [4.69, 9.17) is 0 Å². The fraction of sp³-hybridized carbons (Fsp3) is 0. The summed E-state index contributed by atoms with van der Waals surface area (Å²) in [7, 11) is 0. The Morgan fingerprint density at radius 3 is 2.69 bits per heavy atom. The zero-order chi connectivity index (χ0) is 10.8. The van der Waals surface area contributed by atoms with Crippen LogP contribution in [0.1, 0.15) is 0 Å². The number of hydrogen-bond donors (Lipinski definition) is 0. The molecule has 0 amide bonds. The average molecular weight is 243 g/mol. The van der Waals surface area contributed by atoms with Crippen LogP contribution in [0.25, 0.3) is 20.5 Å². The zero-order valence-corrected chi connectivity index (χ0v) is 9.89. The van der Waals surface area contributed by atoms with Gasteiger partial charge in [-0.3, -0.25) is 0 Å². The van der Waals surface area contributed by atoms with Gasteiger partial charge in [0.2, 0.25) is 0 Å². The molecule has 2 nitrogen and oxygen atoms in total. The summed E-state index contributed by atoms with van der Waals surface area (Å²) in [6, 6.07) is 10.1. The number of benzene rings is 1. The SMILES string of the molecule is [c]1nc(-c2ccccc2)sc1-c1nccs1. The average Bonchev–Trinajstić information content (AvgIpc) is 3.01. The molecule has 1 radical (unpaired) electrons. The highest BCUT2D eigenvalue weighted by Gasteiger charge is 2.08. The van der Waals surface area contributed by atoms with Crippen LogP contribution >= 0.6 is 22.7 Å². The second-order valence-corrected chi connectivity index (χ2v) is 5.06. The number of rotatable bonds is 2. The molecule has 1 aromatic carbocycles. The zero-order valence-electron chi connectivity index (χ0n) is 8.25. The van der Waals surface area contributed by atoms with E-state index >= 15 is 0 Å². The van der Waals surface area contributed by atoms with Crippen LogP contribution in [0.15, 0.2) is 41.9 Å². The van der Waals surface area contributed by atoms with E-state index in [9.17, 15) is 0 Å². The fourth-order valence-electron chi connectivity index (χ4n) is 1.38. The first kappa shape index (κ1) is 9.69. The molecular formula is C12H7N2S2. The maximum atomic E-state index is 4.30. The van der Waals surface area contributed by atoms with Gasteiger partial charge in [-0.2, -0.15) is 0 Å². The summed E-state index contributed by atoms with van der Waals surface area (Å²) >= 11 is 3.24. The Kier molecular flexibility index (Phi) is 2.52. The third kappa shape index (κ3) is 1.77. The van der Waals surface area contributed by atoms with E-state index in [-0.39, 0.29) is 0 Å². The van der Waals surface area contributed by atoms with Crippen molar-refractivity contribution in [2.24, 2.45) is 0 Å². The lowest BCUT2D eigenvalue weighted by atomic mass is 10.2. The van der Waals surface area contributed by atoms with Crippen molar-refractivity contribution in [3.8, 4) is 20.5 Å². The summed E-state index contributed by atoms with van der Waals surface area (Å²) in [5, 5.41) is 3.94. The van der Waals surface area contributed by atoms with Crippen LogP contribution in [-0.2, 0) is 0 Å². The first-order valence-electron chi connectivity index (χ1n) is 4.77. The van der Waals surface area contributed by atoms with Crippen LogP contribution in [-0.4, -0.2) is 9.97 Å². The second kappa shape index (κ2) is 4.15. The van der Waals surface area contributed by atoms with Gasteiger partial charge in [0, 0.05) is 17.1 Å². The van der Waals surface area contributed by atoms with E-state index in [1.807, 2.05) is 23.6 Å². The molecule has 0 fully saturated rings. The minimum absolute atomic E-state index is 0.986. The van der Waals surface area contributed by atoms with E-state index in [0.717, 1.165) is 20.5 Å². The van der Waals surface area contributed by atoms with E-state index in [1.165, 1.54) is 0 Å². The minimum Gasteiger partial charge on any atom is -0.244 e. The predicted molar refractivity (Wildman–Crippen MR) is 67.5 cm³/mol. The third-order valence-electron chi connectivity index (χ3n) is 2.11. The summed E-state index contributed by atoms with van der Waals surface area (Å²) in [6.07, 6.45) is 4.82. The van der Waals surface area contributed by atoms with Crippen LogP contribution in [0.4, 0.5) is 0 Å². The van der Waals surface area contributed by atoms with E-state index in [0.29, 0.717) is 0 Å². The van der Waals surface area contributed by atoms with Crippen molar-refractivity contribution >= 4 is 22.7 Å². The summed E-state index contributed by atoms with van der Waals surface area (Å²) < 4.78 is 0. The van der Waals surface area contributed by atoms with Crippen molar-refractivity contribution < 1.29 is 0 Å². The molecule has 0 spiro atoms. The van der Waals surface area contributed by atoms with Crippen molar-refractivity contribution in [2.75, 3.05) is 0 Å². The summed E-state index contributed by atoms with van der Waals surface area (Å²) in [5.41, 5.74) is 1.13. The molecule has 4 heteroatoms. The van der Waals surface area contributed by atoms with Gasteiger partial charge in [0.05, 0.1) is 4.88 Å². The maximum absolute atomic E-state index is 4.30. The van der Waals surface area contributed by atoms with Crippen LogP contribution in [0.5, 0.6) is 0 Å². The number of thiazole rings is 2. The summed E-state index contributed by atoms with van der Waals surface area (Å²) in [5.74, 6) is 0. The summed E-state index contributed by atoms with van der Waals surface area (Å²) in [4.78, 5) is 9.56. The van der Waals surface area contributed by atoms with Gasteiger partial charge in [0.1, 0.15) is 16.2 Å². The first-order valence-corrected chi connectivity index (χ1v) is 6.47. The molecule has 0 aliphatic heterocycles. The highest BCUT2D eigenvalue weighted by molar-refractivity contribution is 7.22. The second-order valence-electron chi connectivity index (χ2n) is 3.16. The molecule has 0 saturated heterocycles. The molecule has 0 aliphatic rings. The molecular weight excluding hydrogens is 236 g/mol. The lowest BCUT2D eigenvalue weighted by Crippen LogP contribution is -1.71. The molecule has 77 valence electrons. The highest BCUT2D eigenvalue weighted by Crippen LogP contribution is 2.32. The normalized spacial score (nSPS) is 10.5. The molecule has 3 aromatic rings. The van der Waals surface area contributed by atoms with E-state index in [1.54, 1.807) is 28.9 Å². The first-order chi connectivity index (χ1) is 7.93. The number of nitrogens with zero attached hydrogens (tertiary/aromatic N) is 2. The molecule has 3 rings (SSSR count). The molecule has 0 atom stereocenters. The number of aromatic nitrogens is 2. The monoisotopic (exact) mass is 243 g/mol. The Bertz CT molecular complexity index is 570. The quantitative estimate of drug-likeness (QED) is 0.685. The van der Waals surface area contributed by atoms with Gasteiger partial charge < -0.3 is 0 Å². The van der Waals surface area contributed by atoms with Gasteiger partial charge in [0.15, 0.2) is 0 Å². The van der Waals surface area contributed by atoms with Gasteiger partial charge in [0.25, 0.3) is 0 Å². The van der Waals surface area contributed by atoms with Crippen LogP contribution < -0.4 is 0 Å². The molecule has 0 N–H and O–H groups in total. The van der Waals surface area contributed by atoms with Gasteiger partial charge in [-0.1, -0.05) is 30.3 Å². The molecule has 0 saturated carbocycles. The van der Waals surface area contributed by atoms with E-state index in [2.05, 4.69) is 28.3 Å². The molecule has 0 aliphatic carbocycles. The van der Waals surface area contributed by atoms with Crippen molar-refractivity contribution in [1.29, 1.82) is 0 Å². The van der Waals surface area contributed by atoms with Crippen molar-refractivity contribution in [1.82, 2.24) is 9.97 Å². The Labute approximate surface area is 101 Å². The number of hydrogen-bond acceptors (Lipinski definition) is 4. The van der Waals surface area contributed by atoms with Crippen LogP contribution in [0.2, 0.25) is 0 Å². The highest BCUT2D eigenvalue weighted by atomic mass is 32.1. The van der Waals surface area contributed by atoms with Crippen LogP contribution in [0, 0.1) is 6.20 Å². The molecule has 2 aromatic heterocycles. The lowest BCUT2D eigenvalue weighted by Gasteiger charge is -1.92. The van der Waals surface area contributed by atoms with Crippen molar-refractivity contribution in [3.05, 3.63) is 48.1 Å². The third-order valence-corrected chi connectivity index (χ3v) is 4.03. The summed E-state index contributed by atoms with van der Waals surface area (Å²) in [6.45, 7) is 0. The Morgan fingerprint density at radius 1 is 1.06 bits per heavy atom. The van der Waals surface area contributed by atoms with Gasteiger partial charge in [-0.15, -0.1) is 22.7 Å². The molecule has 2 heterocycles. The van der Waals surface area contributed by atoms with Crippen LogP contribution in [0.3, 0.4) is 0 Å². The molecule has 16 heavy (non-hydrogen) atoms. The lowest BCUT2D eigenvalue weighted by molar-refractivity contribution is 1.38. The Balaban J connectivity index is 2.00. The molecule has 0 unspecified atom stereocenters. The van der Waals surface area contributed by atoms with E-state index < -0.39 is 0 Å².